The summed E-state index contributed by atoms with van der Waals surface area (Å²) in [6.45, 7) is -0.431. The minimum absolute atomic E-state index is 0.431. The molecular formula is C10H11BrN2O4. The van der Waals surface area contributed by atoms with Crippen LogP contribution in [-0.4, -0.2) is 30.8 Å². The van der Waals surface area contributed by atoms with Gasteiger partial charge in [-0.3, -0.25) is 4.79 Å². The minimum atomic E-state index is -1.10. The van der Waals surface area contributed by atoms with E-state index in [0.717, 1.165) is 4.47 Å². The molecule has 0 spiro atoms. The van der Waals surface area contributed by atoms with Crippen LogP contribution in [0.2, 0.25) is 0 Å². The van der Waals surface area contributed by atoms with Crippen molar-refractivity contribution in [2.75, 3.05) is 19.0 Å². The van der Waals surface area contributed by atoms with Crippen LogP contribution in [0.4, 0.5) is 10.5 Å². The summed E-state index contributed by atoms with van der Waals surface area (Å²) >= 11 is 3.28. The summed E-state index contributed by atoms with van der Waals surface area (Å²) in [4.78, 5) is 21.5. The quantitative estimate of drug-likeness (QED) is 0.789. The fourth-order valence-corrected chi connectivity index (χ4v) is 1.48. The molecule has 0 atom stereocenters. The number of benzene rings is 1. The predicted molar refractivity (Wildman–Crippen MR) is 65.4 cm³/mol. The van der Waals surface area contributed by atoms with Crippen LogP contribution >= 0.6 is 15.9 Å². The van der Waals surface area contributed by atoms with Gasteiger partial charge in [-0.05, 0) is 28.1 Å². The van der Waals surface area contributed by atoms with Gasteiger partial charge >= 0.3 is 12.0 Å². The summed E-state index contributed by atoms with van der Waals surface area (Å²) in [7, 11) is 1.51. The van der Waals surface area contributed by atoms with Crippen molar-refractivity contribution in [3.05, 3.63) is 22.7 Å². The van der Waals surface area contributed by atoms with E-state index in [9.17, 15) is 9.59 Å². The van der Waals surface area contributed by atoms with Crippen LogP contribution in [0.3, 0.4) is 0 Å². The van der Waals surface area contributed by atoms with Crippen LogP contribution in [0.5, 0.6) is 5.75 Å². The fourth-order valence-electron chi connectivity index (χ4n) is 1.07. The van der Waals surface area contributed by atoms with Crippen molar-refractivity contribution < 1.29 is 19.4 Å². The lowest BCUT2D eigenvalue weighted by atomic mass is 10.3. The number of urea groups is 1. The zero-order valence-corrected chi connectivity index (χ0v) is 10.6. The molecule has 0 aromatic heterocycles. The monoisotopic (exact) mass is 302 g/mol. The molecule has 0 bridgehead atoms. The third-order valence-corrected chi connectivity index (χ3v) is 2.46. The Morgan fingerprint density at radius 2 is 2.18 bits per heavy atom. The summed E-state index contributed by atoms with van der Waals surface area (Å²) in [6.07, 6.45) is 0. The number of hydrogen-bond acceptors (Lipinski definition) is 3. The Balaban J connectivity index is 2.62. The number of ether oxygens (including phenoxy) is 1. The first-order chi connectivity index (χ1) is 8.02. The number of halogens is 1. The maximum absolute atomic E-state index is 11.3. The Bertz CT molecular complexity index is 436. The molecule has 0 unspecified atom stereocenters. The van der Waals surface area contributed by atoms with Crippen LogP contribution in [-0.2, 0) is 4.79 Å². The van der Waals surface area contributed by atoms with E-state index in [-0.39, 0.29) is 0 Å². The van der Waals surface area contributed by atoms with E-state index in [1.165, 1.54) is 7.11 Å². The SMILES string of the molecule is COc1cc(NC(=O)NCC(=O)O)ccc1Br. The van der Waals surface area contributed by atoms with Gasteiger partial charge in [0.05, 0.1) is 11.6 Å². The van der Waals surface area contributed by atoms with Crippen LogP contribution in [0, 0.1) is 0 Å². The Hall–Kier alpha value is -1.76. The Labute approximate surface area is 106 Å². The van der Waals surface area contributed by atoms with Crippen LogP contribution < -0.4 is 15.4 Å². The summed E-state index contributed by atoms with van der Waals surface area (Å²) in [5, 5.41) is 13.0. The molecule has 2 amide bonds. The molecule has 1 rings (SSSR count). The van der Waals surface area contributed by atoms with Crippen LogP contribution in [0.1, 0.15) is 0 Å². The number of carboxylic acids is 1. The fraction of sp³-hybridized carbons (Fsp3) is 0.200. The third kappa shape index (κ3) is 4.31. The normalized spacial score (nSPS) is 9.53. The summed E-state index contributed by atoms with van der Waals surface area (Å²) in [5.74, 6) is -0.533. The number of anilines is 1. The second-order valence-corrected chi connectivity index (χ2v) is 3.91. The maximum atomic E-state index is 11.3. The maximum Gasteiger partial charge on any atom is 0.323 e. The summed E-state index contributed by atoms with van der Waals surface area (Å²) in [6, 6.07) is 4.40. The number of amides is 2. The molecule has 6 nitrogen and oxygen atoms in total. The summed E-state index contributed by atoms with van der Waals surface area (Å²) in [5.41, 5.74) is 0.507. The van der Waals surface area contributed by atoms with Crippen molar-refractivity contribution in [2.45, 2.75) is 0 Å². The first kappa shape index (κ1) is 13.3. The number of aliphatic carboxylic acids is 1. The first-order valence-electron chi connectivity index (χ1n) is 4.63. The molecule has 0 aliphatic carbocycles. The Morgan fingerprint density at radius 1 is 1.47 bits per heavy atom. The average Bonchev–Trinajstić information content (AvgIpc) is 2.29. The van der Waals surface area contributed by atoms with Crippen LogP contribution in [0.15, 0.2) is 22.7 Å². The van der Waals surface area contributed by atoms with Gasteiger partial charge in [-0.15, -0.1) is 0 Å². The number of rotatable bonds is 4. The molecule has 3 N–H and O–H groups in total. The molecule has 1 aromatic carbocycles. The molecule has 7 heteroatoms. The highest BCUT2D eigenvalue weighted by Gasteiger charge is 2.06. The van der Waals surface area contributed by atoms with E-state index in [4.69, 9.17) is 9.84 Å². The number of carbonyl (C=O) groups excluding carboxylic acids is 1. The number of carbonyl (C=O) groups is 2. The Kier molecular flexibility index (Phi) is 4.77. The van der Waals surface area contributed by atoms with Crippen molar-refractivity contribution in [3.63, 3.8) is 0 Å². The predicted octanol–water partition coefficient (Wildman–Crippen LogP) is 1.66. The van der Waals surface area contributed by atoms with Crippen molar-refractivity contribution in [2.24, 2.45) is 0 Å². The van der Waals surface area contributed by atoms with Crippen molar-refractivity contribution in [1.29, 1.82) is 0 Å². The van der Waals surface area contributed by atoms with Gasteiger partial charge in [0, 0.05) is 11.8 Å². The third-order valence-electron chi connectivity index (χ3n) is 1.81. The van der Waals surface area contributed by atoms with Gasteiger partial charge in [0.2, 0.25) is 0 Å². The van der Waals surface area contributed by atoms with Crippen molar-refractivity contribution >= 4 is 33.6 Å². The second kappa shape index (κ2) is 6.09. The van der Waals surface area contributed by atoms with Crippen molar-refractivity contribution in [1.82, 2.24) is 5.32 Å². The van der Waals surface area contributed by atoms with Crippen molar-refractivity contribution in [3.8, 4) is 5.75 Å². The summed E-state index contributed by atoms with van der Waals surface area (Å²) < 4.78 is 5.81. The molecule has 0 fully saturated rings. The van der Waals surface area contributed by atoms with Gasteiger partial charge in [-0.2, -0.15) is 0 Å². The lowest BCUT2D eigenvalue weighted by Crippen LogP contribution is -2.33. The van der Waals surface area contributed by atoms with Gasteiger partial charge in [0.25, 0.3) is 0 Å². The molecule has 0 aliphatic heterocycles. The highest BCUT2D eigenvalue weighted by Crippen LogP contribution is 2.27. The van der Waals surface area contributed by atoms with Gasteiger partial charge in [-0.1, -0.05) is 0 Å². The zero-order valence-electron chi connectivity index (χ0n) is 8.99. The lowest BCUT2D eigenvalue weighted by molar-refractivity contribution is -0.135. The van der Waals surface area contributed by atoms with E-state index in [0.29, 0.717) is 11.4 Å². The van der Waals surface area contributed by atoms with E-state index in [1.807, 2.05) is 0 Å². The topological polar surface area (TPSA) is 87.7 Å². The van der Waals surface area contributed by atoms with E-state index >= 15 is 0 Å². The largest absolute Gasteiger partial charge is 0.495 e. The smallest absolute Gasteiger partial charge is 0.323 e. The molecule has 0 heterocycles. The van der Waals surface area contributed by atoms with Gasteiger partial charge in [0.15, 0.2) is 0 Å². The average molecular weight is 303 g/mol. The molecule has 92 valence electrons. The molecule has 1 aromatic rings. The molecule has 0 radical (unpaired) electrons. The molecular weight excluding hydrogens is 292 g/mol. The lowest BCUT2D eigenvalue weighted by Gasteiger charge is -2.08. The standard InChI is InChI=1S/C10H11BrN2O4/c1-17-8-4-6(2-3-7(8)11)13-10(16)12-5-9(14)15/h2-4H,5H2,1H3,(H,14,15)(H2,12,13,16). The zero-order chi connectivity index (χ0) is 12.8. The minimum Gasteiger partial charge on any atom is -0.495 e. The molecule has 0 saturated heterocycles. The van der Waals surface area contributed by atoms with E-state index < -0.39 is 18.5 Å². The number of methoxy groups -OCH3 is 1. The Morgan fingerprint density at radius 3 is 2.76 bits per heavy atom. The highest BCUT2D eigenvalue weighted by atomic mass is 79.9. The van der Waals surface area contributed by atoms with E-state index in [1.54, 1.807) is 18.2 Å². The van der Waals surface area contributed by atoms with Gasteiger partial charge in [-0.25, -0.2) is 4.79 Å². The van der Waals surface area contributed by atoms with Gasteiger partial charge in [0.1, 0.15) is 12.3 Å². The first-order valence-corrected chi connectivity index (χ1v) is 5.42. The highest BCUT2D eigenvalue weighted by molar-refractivity contribution is 9.10. The second-order valence-electron chi connectivity index (χ2n) is 3.05. The number of nitrogens with one attached hydrogen (secondary N) is 2. The number of hydrogen-bond donors (Lipinski definition) is 3. The van der Waals surface area contributed by atoms with Crippen LogP contribution in [0.25, 0.3) is 0 Å². The van der Waals surface area contributed by atoms with E-state index in [2.05, 4.69) is 26.6 Å². The molecule has 17 heavy (non-hydrogen) atoms. The molecule has 0 aliphatic rings. The number of carboxylic acid groups (broad SMARTS) is 1. The van der Waals surface area contributed by atoms with Gasteiger partial charge < -0.3 is 20.5 Å². The molecule has 0 saturated carbocycles.